The molecule has 0 saturated heterocycles. The number of hydrogen-bond donors (Lipinski definition) is 3. The van der Waals surface area contributed by atoms with Crippen molar-refractivity contribution in [3.63, 3.8) is 0 Å². The molecule has 0 fully saturated rings. The smallest absolute Gasteiger partial charge is 0.319 e. The number of urea groups is 1. The van der Waals surface area contributed by atoms with E-state index in [2.05, 4.69) is 10.6 Å². The lowest BCUT2D eigenvalue weighted by molar-refractivity contribution is 0.168. The Morgan fingerprint density at radius 3 is 2.30 bits per heavy atom. The molecular formula is C27H27N3O3. The molecule has 0 bridgehead atoms. The van der Waals surface area contributed by atoms with E-state index < -0.39 is 6.10 Å². The minimum atomic E-state index is -0.568. The molecule has 33 heavy (non-hydrogen) atoms. The second-order valence-electron chi connectivity index (χ2n) is 7.73. The van der Waals surface area contributed by atoms with E-state index in [1.165, 1.54) is 0 Å². The van der Waals surface area contributed by atoms with Gasteiger partial charge in [0.25, 0.3) is 0 Å². The summed E-state index contributed by atoms with van der Waals surface area (Å²) in [5.41, 5.74) is 5.08. The van der Waals surface area contributed by atoms with Crippen molar-refractivity contribution in [2.75, 3.05) is 19.0 Å². The van der Waals surface area contributed by atoms with Gasteiger partial charge in [-0.1, -0.05) is 67.6 Å². The molecule has 0 aliphatic carbocycles. The first-order valence-corrected chi connectivity index (χ1v) is 11.0. The van der Waals surface area contributed by atoms with Gasteiger partial charge in [-0.3, -0.25) is 0 Å². The highest BCUT2D eigenvalue weighted by atomic mass is 16.5. The normalized spacial score (nSPS) is 11.7. The minimum Gasteiger partial charge on any atom is -0.495 e. The monoisotopic (exact) mass is 441 g/mol. The van der Waals surface area contributed by atoms with Gasteiger partial charge in [0.1, 0.15) is 5.75 Å². The SMILES string of the molecule is CCC(O)CNC(=O)Nc1ccc2nc(-c3ccccc3)c(-c3ccccc3)c(OC)c2c1. The lowest BCUT2D eigenvalue weighted by Crippen LogP contribution is -2.34. The van der Waals surface area contributed by atoms with Gasteiger partial charge in [-0.2, -0.15) is 0 Å². The number of ether oxygens (including phenoxy) is 1. The number of amides is 2. The Morgan fingerprint density at radius 1 is 1.00 bits per heavy atom. The topological polar surface area (TPSA) is 83.5 Å². The number of pyridine rings is 1. The number of nitrogens with zero attached hydrogens (tertiary/aromatic N) is 1. The molecule has 0 radical (unpaired) electrons. The number of aromatic nitrogens is 1. The summed E-state index contributed by atoms with van der Waals surface area (Å²) < 4.78 is 5.93. The van der Waals surface area contributed by atoms with Gasteiger partial charge in [0, 0.05) is 23.2 Å². The van der Waals surface area contributed by atoms with Crippen LogP contribution >= 0.6 is 0 Å². The van der Waals surface area contributed by atoms with E-state index in [-0.39, 0.29) is 12.6 Å². The molecule has 3 aromatic carbocycles. The van der Waals surface area contributed by atoms with Crippen LogP contribution in [0.1, 0.15) is 13.3 Å². The Hall–Kier alpha value is -3.90. The zero-order valence-corrected chi connectivity index (χ0v) is 18.7. The van der Waals surface area contributed by atoms with Crippen LogP contribution in [0.3, 0.4) is 0 Å². The highest BCUT2D eigenvalue weighted by Gasteiger charge is 2.19. The van der Waals surface area contributed by atoms with E-state index in [1.54, 1.807) is 7.11 Å². The number of aliphatic hydroxyl groups is 1. The number of aliphatic hydroxyl groups excluding tert-OH is 1. The molecule has 1 heterocycles. The van der Waals surface area contributed by atoms with Crippen molar-refractivity contribution in [2.45, 2.75) is 19.4 Å². The molecule has 0 aliphatic heterocycles. The molecule has 3 N–H and O–H groups in total. The molecule has 6 nitrogen and oxygen atoms in total. The van der Waals surface area contributed by atoms with Gasteiger partial charge >= 0.3 is 6.03 Å². The third kappa shape index (κ3) is 4.96. The van der Waals surface area contributed by atoms with Crippen LogP contribution in [0.4, 0.5) is 10.5 Å². The molecule has 6 heteroatoms. The summed E-state index contributed by atoms with van der Waals surface area (Å²) in [6.07, 6.45) is 0.00647. The van der Waals surface area contributed by atoms with Crippen molar-refractivity contribution in [1.82, 2.24) is 10.3 Å². The molecule has 0 aliphatic rings. The minimum absolute atomic E-state index is 0.194. The van der Waals surface area contributed by atoms with Gasteiger partial charge in [-0.15, -0.1) is 0 Å². The number of nitrogens with one attached hydrogen (secondary N) is 2. The van der Waals surface area contributed by atoms with Crippen molar-refractivity contribution in [3.8, 4) is 28.1 Å². The second-order valence-corrected chi connectivity index (χ2v) is 7.73. The molecule has 168 valence electrons. The fourth-order valence-electron chi connectivity index (χ4n) is 3.73. The van der Waals surface area contributed by atoms with Crippen LogP contribution in [-0.4, -0.2) is 35.9 Å². The van der Waals surface area contributed by atoms with E-state index in [9.17, 15) is 9.90 Å². The van der Waals surface area contributed by atoms with Crippen LogP contribution in [0.5, 0.6) is 5.75 Å². The Labute approximate surface area is 193 Å². The van der Waals surface area contributed by atoms with Gasteiger partial charge in [0.05, 0.1) is 30.0 Å². The number of methoxy groups -OCH3 is 1. The third-order valence-corrected chi connectivity index (χ3v) is 5.48. The molecular weight excluding hydrogens is 414 g/mol. The fraction of sp³-hybridized carbons (Fsp3) is 0.185. The lowest BCUT2D eigenvalue weighted by atomic mass is 9.96. The third-order valence-electron chi connectivity index (χ3n) is 5.48. The average Bonchev–Trinajstić information content (AvgIpc) is 2.87. The average molecular weight is 442 g/mol. The molecule has 1 unspecified atom stereocenters. The van der Waals surface area contributed by atoms with E-state index in [0.717, 1.165) is 33.3 Å². The maximum atomic E-state index is 12.3. The summed E-state index contributed by atoms with van der Waals surface area (Å²) in [4.78, 5) is 17.3. The molecule has 1 atom stereocenters. The fourth-order valence-corrected chi connectivity index (χ4v) is 3.73. The van der Waals surface area contributed by atoms with Crippen molar-refractivity contribution in [2.24, 2.45) is 0 Å². The van der Waals surface area contributed by atoms with Crippen molar-refractivity contribution >= 4 is 22.6 Å². The summed E-state index contributed by atoms with van der Waals surface area (Å²) in [5.74, 6) is 0.690. The largest absolute Gasteiger partial charge is 0.495 e. The van der Waals surface area contributed by atoms with Crippen molar-refractivity contribution < 1.29 is 14.6 Å². The van der Waals surface area contributed by atoms with E-state index in [4.69, 9.17) is 9.72 Å². The first-order valence-electron chi connectivity index (χ1n) is 11.0. The van der Waals surface area contributed by atoms with Crippen LogP contribution in [0.15, 0.2) is 78.9 Å². The highest BCUT2D eigenvalue weighted by molar-refractivity contribution is 6.01. The molecule has 1 aromatic heterocycles. The number of fused-ring (bicyclic) bond motifs is 1. The van der Waals surface area contributed by atoms with Crippen LogP contribution in [-0.2, 0) is 0 Å². The first kappa shape index (κ1) is 22.3. The van der Waals surface area contributed by atoms with E-state index in [1.807, 2.05) is 85.8 Å². The van der Waals surface area contributed by atoms with Gasteiger partial charge in [0.2, 0.25) is 0 Å². The predicted octanol–water partition coefficient (Wildman–Crippen LogP) is 5.47. The van der Waals surface area contributed by atoms with Gasteiger partial charge in [0.15, 0.2) is 0 Å². The Bertz CT molecular complexity index is 1240. The maximum Gasteiger partial charge on any atom is 0.319 e. The summed E-state index contributed by atoms with van der Waals surface area (Å²) in [6.45, 7) is 2.06. The Balaban J connectivity index is 1.81. The number of anilines is 1. The van der Waals surface area contributed by atoms with E-state index in [0.29, 0.717) is 17.9 Å². The van der Waals surface area contributed by atoms with E-state index >= 15 is 0 Å². The number of rotatable bonds is 7. The van der Waals surface area contributed by atoms with Crippen LogP contribution in [0.25, 0.3) is 33.3 Å². The summed E-state index contributed by atoms with van der Waals surface area (Å²) in [5, 5.41) is 16.0. The highest BCUT2D eigenvalue weighted by Crippen LogP contribution is 2.43. The second kappa shape index (κ2) is 10.1. The molecule has 4 aromatic rings. The number of hydrogen-bond acceptors (Lipinski definition) is 4. The number of carbonyl (C=O) groups excluding carboxylic acids is 1. The summed E-state index contributed by atoms with van der Waals surface area (Å²) >= 11 is 0. The van der Waals surface area contributed by atoms with Gasteiger partial charge in [-0.05, 0) is 30.2 Å². The quantitative estimate of drug-likeness (QED) is 0.355. The van der Waals surface area contributed by atoms with Crippen molar-refractivity contribution in [1.29, 1.82) is 0 Å². The molecule has 0 saturated carbocycles. The van der Waals surface area contributed by atoms with Crippen LogP contribution in [0.2, 0.25) is 0 Å². The van der Waals surface area contributed by atoms with Gasteiger partial charge < -0.3 is 20.5 Å². The zero-order valence-electron chi connectivity index (χ0n) is 18.7. The van der Waals surface area contributed by atoms with Gasteiger partial charge in [-0.25, -0.2) is 9.78 Å². The van der Waals surface area contributed by atoms with Crippen LogP contribution < -0.4 is 15.4 Å². The van der Waals surface area contributed by atoms with Crippen molar-refractivity contribution in [3.05, 3.63) is 78.9 Å². The Kier molecular flexibility index (Phi) is 6.86. The van der Waals surface area contributed by atoms with Crippen LogP contribution in [0, 0.1) is 0 Å². The molecule has 4 rings (SSSR count). The summed E-state index contributed by atoms with van der Waals surface area (Å²) in [6, 6.07) is 25.2. The Morgan fingerprint density at radius 2 is 1.67 bits per heavy atom. The maximum absolute atomic E-state index is 12.3. The summed E-state index contributed by atoms with van der Waals surface area (Å²) in [7, 11) is 1.65. The zero-order chi connectivity index (χ0) is 23.2. The molecule has 2 amide bonds. The predicted molar refractivity (Wildman–Crippen MR) is 132 cm³/mol. The number of carbonyl (C=O) groups is 1. The molecule has 0 spiro atoms. The standard InChI is InChI=1S/C27H27N3O3/c1-3-21(31)17-28-27(32)29-20-14-15-23-22(16-20)26(33-2)24(18-10-6-4-7-11-18)25(30-23)19-12-8-5-9-13-19/h4-16,21,31H,3,17H2,1-2H3,(H2,28,29,32). The lowest BCUT2D eigenvalue weighted by Gasteiger charge is -2.18. The first-order chi connectivity index (χ1) is 16.1. The number of benzene rings is 3.